The van der Waals surface area contributed by atoms with E-state index in [2.05, 4.69) is 10.2 Å². The fourth-order valence-electron chi connectivity index (χ4n) is 2.46. The maximum atomic E-state index is 12.0. The van der Waals surface area contributed by atoms with Gasteiger partial charge in [-0.2, -0.15) is 0 Å². The summed E-state index contributed by atoms with van der Waals surface area (Å²) in [4.78, 5) is 14.1. The van der Waals surface area contributed by atoms with E-state index in [0.29, 0.717) is 17.3 Å². The van der Waals surface area contributed by atoms with Gasteiger partial charge >= 0.3 is 6.09 Å². The average molecular weight is 341 g/mol. The molecule has 1 aliphatic carbocycles. The fraction of sp³-hybridized carbons (Fsp3) is 0.588. The monoisotopic (exact) mass is 340 g/mol. The maximum Gasteiger partial charge on any atom is 0.412 e. The summed E-state index contributed by atoms with van der Waals surface area (Å²) in [6.07, 6.45) is 1.47. The third kappa shape index (κ3) is 4.83. The Balaban J connectivity index is 2.12. The molecule has 2 N–H and O–H groups in total. The largest absolute Gasteiger partial charge is 0.444 e. The van der Waals surface area contributed by atoms with Crippen LogP contribution in [0.4, 0.5) is 10.5 Å². The van der Waals surface area contributed by atoms with Crippen molar-refractivity contribution in [1.82, 2.24) is 4.90 Å². The average Bonchev–Trinajstić information content (AvgIpc) is 3.21. The van der Waals surface area contributed by atoms with Crippen molar-refractivity contribution in [3.8, 4) is 0 Å². The molecule has 0 aliphatic heterocycles. The molecule has 0 atom stereocenters. The van der Waals surface area contributed by atoms with E-state index in [-0.39, 0.29) is 12.1 Å². The first-order chi connectivity index (χ1) is 10.6. The van der Waals surface area contributed by atoms with E-state index in [1.165, 1.54) is 0 Å². The zero-order chi connectivity index (χ0) is 17.3. The van der Waals surface area contributed by atoms with Gasteiger partial charge in [0.2, 0.25) is 0 Å². The van der Waals surface area contributed by atoms with E-state index in [1.54, 1.807) is 12.1 Å². The number of hydrogen-bond donors (Lipinski definition) is 2. The highest BCUT2D eigenvalue weighted by atomic mass is 35.5. The Morgan fingerprint density at radius 3 is 2.61 bits per heavy atom. The van der Waals surface area contributed by atoms with Crippen LogP contribution in [0.5, 0.6) is 0 Å². The minimum Gasteiger partial charge on any atom is -0.444 e. The first kappa shape index (κ1) is 18.0. The van der Waals surface area contributed by atoms with Gasteiger partial charge in [0.15, 0.2) is 0 Å². The molecule has 0 radical (unpaired) electrons. The predicted octanol–water partition coefficient (Wildman–Crippen LogP) is 3.64. The van der Waals surface area contributed by atoms with Gasteiger partial charge in [-0.15, -0.1) is 0 Å². The summed E-state index contributed by atoms with van der Waals surface area (Å²) in [6.45, 7) is 6.19. The number of hydrogen-bond acceptors (Lipinski definition) is 4. The van der Waals surface area contributed by atoms with Crippen LogP contribution in [-0.2, 0) is 11.3 Å². The minimum atomic E-state index is -0.553. The van der Waals surface area contributed by atoms with Crippen LogP contribution in [0.15, 0.2) is 18.2 Å². The summed E-state index contributed by atoms with van der Waals surface area (Å²) in [7, 11) is 1.97. The van der Waals surface area contributed by atoms with E-state index < -0.39 is 11.7 Å². The molecule has 1 saturated carbocycles. The van der Waals surface area contributed by atoms with Crippen molar-refractivity contribution in [2.75, 3.05) is 19.0 Å². The van der Waals surface area contributed by atoms with Crippen LogP contribution in [-0.4, -0.2) is 40.9 Å². The number of ether oxygens (including phenoxy) is 1. The number of aliphatic hydroxyl groups excluding tert-OH is 1. The number of carbonyl (C=O) groups is 1. The van der Waals surface area contributed by atoms with Crippen LogP contribution in [0.25, 0.3) is 0 Å². The molecular formula is C17H25ClN2O3. The van der Waals surface area contributed by atoms with Crippen LogP contribution in [0, 0.1) is 0 Å². The normalized spacial score (nSPS) is 16.3. The summed E-state index contributed by atoms with van der Waals surface area (Å²) in [5, 5.41) is 12.9. The fourth-order valence-corrected chi connectivity index (χ4v) is 2.65. The molecule has 6 heteroatoms. The molecule has 23 heavy (non-hydrogen) atoms. The number of likely N-dealkylation sites (N-methyl/N-ethyl adjacent to an activating group) is 1. The highest BCUT2D eigenvalue weighted by Gasteiger charge is 2.45. The molecule has 1 aromatic carbocycles. The minimum absolute atomic E-state index is 0.133. The van der Waals surface area contributed by atoms with E-state index in [4.69, 9.17) is 16.3 Å². The van der Waals surface area contributed by atoms with Gasteiger partial charge in [-0.25, -0.2) is 4.79 Å². The Morgan fingerprint density at radius 1 is 1.43 bits per heavy atom. The zero-order valence-corrected chi connectivity index (χ0v) is 14.9. The van der Waals surface area contributed by atoms with Crippen LogP contribution in [0.1, 0.15) is 39.2 Å². The molecule has 0 bridgehead atoms. The Hall–Kier alpha value is -1.30. The Labute approximate surface area is 142 Å². The molecule has 5 nitrogen and oxygen atoms in total. The third-order valence-electron chi connectivity index (χ3n) is 4.04. The van der Waals surface area contributed by atoms with E-state index in [9.17, 15) is 9.90 Å². The molecular weight excluding hydrogens is 316 g/mol. The van der Waals surface area contributed by atoms with Crippen molar-refractivity contribution in [3.63, 3.8) is 0 Å². The van der Waals surface area contributed by atoms with Gasteiger partial charge in [-0.05, 0) is 64.4 Å². The Bertz CT molecular complexity index is 580. The Morgan fingerprint density at radius 2 is 2.09 bits per heavy atom. The number of aliphatic hydroxyl groups is 1. The van der Waals surface area contributed by atoms with Gasteiger partial charge in [-0.1, -0.05) is 11.6 Å². The van der Waals surface area contributed by atoms with Crippen molar-refractivity contribution in [2.45, 2.75) is 51.3 Å². The summed E-state index contributed by atoms with van der Waals surface area (Å²) in [5.41, 5.74) is 0.878. The number of carbonyl (C=O) groups excluding carboxylic acids is 1. The molecule has 0 aromatic heterocycles. The second kappa shape index (κ2) is 6.67. The molecule has 128 valence electrons. The van der Waals surface area contributed by atoms with Gasteiger partial charge in [0.25, 0.3) is 0 Å². The first-order valence-electron chi connectivity index (χ1n) is 7.76. The highest BCUT2D eigenvalue weighted by Crippen LogP contribution is 2.41. The molecule has 0 heterocycles. The molecule has 1 aliphatic rings. The smallest absolute Gasteiger partial charge is 0.412 e. The van der Waals surface area contributed by atoms with E-state index in [0.717, 1.165) is 18.4 Å². The lowest BCUT2D eigenvalue weighted by Crippen LogP contribution is -2.36. The molecule has 0 saturated heterocycles. The number of nitrogens with zero attached hydrogens (tertiary/aromatic N) is 1. The van der Waals surface area contributed by atoms with Crippen LogP contribution < -0.4 is 5.32 Å². The van der Waals surface area contributed by atoms with Crippen molar-refractivity contribution in [1.29, 1.82) is 0 Å². The first-order valence-corrected chi connectivity index (χ1v) is 8.13. The SMILES string of the molecule is CN(Cc1cc(Cl)ccc1NC(=O)OC(C)(C)C)C1(CO)CC1. The molecule has 2 rings (SSSR count). The second-order valence-electron chi connectivity index (χ2n) is 7.17. The van der Waals surface area contributed by atoms with E-state index in [1.807, 2.05) is 33.9 Å². The van der Waals surface area contributed by atoms with Crippen LogP contribution >= 0.6 is 11.6 Å². The number of benzene rings is 1. The lowest BCUT2D eigenvalue weighted by atomic mass is 10.1. The van der Waals surface area contributed by atoms with Crippen molar-refractivity contribution in [3.05, 3.63) is 28.8 Å². The third-order valence-corrected chi connectivity index (χ3v) is 4.28. The molecule has 1 fully saturated rings. The number of rotatable bonds is 5. The van der Waals surface area contributed by atoms with Crippen LogP contribution in [0.2, 0.25) is 5.02 Å². The second-order valence-corrected chi connectivity index (χ2v) is 7.60. The predicted molar refractivity (Wildman–Crippen MR) is 91.8 cm³/mol. The molecule has 0 unspecified atom stereocenters. The summed E-state index contributed by atoms with van der Waals surface area (Å²) >= 11 is 6.10. The standard InChI is InChI=1S/C17H25ClN2O3/c1-16(2,3)23-15(22)19-14-6-5-13(18)9-12(14)10-20(4)17(11-21)7-8-17/h5-6,9,21H,7-8,10-11H2,1-4H3,(H,19,22). The van der Waals surface area contributed by atoms with Crippen molar-refractivity contribution < 1.29 is 14.6 Å². The number of halogens is 1. The van der Waals surface area contributed by atoms with Crippen molar-refractivity contribution in [2.24, 2.45) is 0 Å². The number of nitrogens with one attached hydrogen (secondary N) is 1. The van der Waals surface area contributed by atoms with Crippen LogP contribution in [0.3, 0.4) is 0 Å². The van der Waals surface area contributed by atoms with Gasteiger partial charge in [0.05, 0.1) is 6.61 Å². The summed E-state index contributed by atoms with van der Waals surface area (Å²) in [5.74, 6) is 0. The zero-order valence-electron chi connectivity index (χ0n) is 14.1. The lowest BCUT2D eigenvalue weighted by molar-refractivity contribution is 0.0635. The lowest BCUT2D eigenvalue weighted by Gasteiger charge is -2.27. The van der Waals surface area contributed by atoms with Gasteiger partial charge in [-0.3, -0.25) is 10.2 Å². The van der Waals surface area contributed by atoms with Gasteiger partial charge < -0.3 is 9.84 Å². The van der Waals surface area contributed by atoms with Gasteiger partial charge in [0.1, 0.15) is 5.60 Å². The summed E-state index contributed by atoms with van der Waals surface area (Å²) in [6, 6.07) is 5.34. The number of anilines is 1. The van der Waals surface area contributed by atoms with E-state index >= 15 is 0 Å². The molecule has 1 aromatic rings. The Kier molecular flexibility index (Phi) is 5.23. The number of amides is 1. The topological polar surface area (TPSA) is 61.8 Å². The maximum absolute atomic E-state index is 12.0. The highest BCUT2D eigenvalue weighted by molar-refractivity contribution is 6.30. The summed E-state index contributed by atoms with van der Waals surface area (Å²) < 4.78 is 5.30. The molecule has 0 spiro atoms. The quantitative estimate of drug-likeness (QED) is 0.859. The van der Waals surface area contributed by atoms with Crippen molar-refractivity contribution >= 4 is 23.4 Å². The van der Waals surface area contributed by atoms with Gasteiger partial charge in [0, 0.05) is 22.8 Å². The molecule has 1 amide bonds.